The molecule has 7 heteroatoms. The summed E-state index contributed by atoms with van der Waals surface area (Å²) in [7, 11) is 0. The van der Waals surface area contributed by atoms with Crippen LogP contribution in [0.5, 0.6) is 0 Å². The summed E-state index contributed by atoms with van der Waals surface area (Å²) in [5.74, 6) is -3.25. The zero-order valence-electron chi connectivity index (χ0n) is 8.30. The van der Waals surface area contributed by atoms with Gasteiger partial charge in [0.25, 0.3) is 0 Å². The van der Waals surface area contributed by atoms with Gasteiger partial charge in [0.1, 0.15) is 12.2 Å². The highest BCUT2D eigenvalue weighted by Crippen LogP contribution is 1.91. The SMILES string of the molecule is CC(O)C(=O)OCC(=O)OC(=O)C(C)O. The maximum Gasteiger partial charge on any atom is 0.351 e. The van der Waals surface area contributed by atoms with Crippen molar-refractivity contribution in [2.24, 2.45) is 0 Å². The second-order valence-electron chi connectivity index (χ2n) is 2.75. The monoisotopic (exact) mass is 220 g/mol. The van der Waals surface area contributed by atoms with Crippen LogP contribution in [-0.4, -0.2) is 46.9 Å². The molecule has 15 heavy (non-hydrogen) atoms. The third kappa shape index (κ3) is 5.76. The molecule has 0 saturated heterocycles. The fourth-order valence-corrected chi connectivity index (χ4v) is 0.478. The van der Waals surface area contributed by atoms with Crippen molar-refractivity contribution in [1.29, 1.82) is 0 Å². The molecule has 0 saturated carbocycles. The van der Waals surface area contributed by atoms with Gasteiger partial charge in [-0.05, 0) is 13.8 Å². The Kier molecular flexibility index (Phi) is 5.50. The molecular weight excluding hydrogens is 208 g/mol. The summed E-state index contributed by atoms with van der Waals surface area (Å²) in [6.45, 7) is 1.49. The standard InChI is InChI=1S/C8H12O7/c1-4(9)7(12)14-3-6(11)15-8(13)5(2)10/h4-5,9-10H,3H2,1-2H3. The van der Waals surface area contributed by atoms with Crippen molar-refractivity contribution in [2.45, 2.75) is 26.1 Å². The van der Waals surface area contributed by atoms with Crippen LogP contribution in [0.2, 0.25) is 0 Å². The number of ether oxygens (including phenoxy) is 2. The molecule has 0 bridgehead atoms. The van der Waals surface area contributed by atoms with Crippen LogP contribution in [0.15, 0.2) is 0 Å². The van der Waals surface area contributed by atoms with Crippen LogP contribution in [0.1, 0.15) is 13.8 Å². The first-order valence-corrected chi connectivity index (χ1v) is 4.12. The van der Waals surface area contributed by atoms with Crippen molar-refractivity contribution in [3.05, 3.63) is 0 Å². The highest BCUT2D eigenvalue weighted by Gasteiger charge is 2.18. The Bertz CT molecular complexity index is 256. The topological polar surface area (TPSA) is 110 Å². The number of aliphatic hydroxyl groups excluding tert-OH is 2. The molecule has 0 rings (SSSR count). The molecule has 0 aliphatic heterocycles. The maximum atomic E-state index is 10.8. The molecule has 2 atom stereocenters. The van der Waals surface area contributed by atoms with E-state index in [1.165, 1.54) is 0 Å². The summed E-state index contributed by atoms with van der Waals surface area (Å²) in [6.07, 6.45) is -2.79. The molecule has 0 aliphatic rings. The Hall–Kier alpha value is -1.47. The Balaban J connectivity index is 3.86. The summed E-state index contributed by atoms with van der Waals surface area (Å²) < 4.78 is 8.30. The third-order valence-corrected chi connectivity index (χ3v) is 1.23. The molecule has 0 aliphatic carbocycles. The van der Waals surface area contributed by atoms with Gasteiger partial charge < -0.3 is 19.7 Å². The summed E-state index contributed by atoms with van der Waals surface area (Å²) in [6, 6.07) is 0. The second kappa shape index (κ2) is 6.10. The van der Waals surface area contributed by atoms with Gasteiger partial charge in [-0.2, -0.15) is 0 Å². The molecule has 0 aromatic rings. The van der Waals surface area contributed by atoms with Crippen LogP contribution in [0.3, 0.4) is 0 Å². The second-order valence-corrected chi connectivity index (χ2v) is 2.75. The van der Waals surface area contributed by atoms with E-state index >= 15 is 0 Å². The average molecular weight is 220 g/mol. The smallest absolute Gasteiger partial charge is 0.351 e. The van der Waals surface area contributed by atoms with E-state index in [0.717, 1.165) is 13.8 Å². The van der Waals surface area contributed by atoms with E-state index < -0.39 is 36.7 Å². The molecule has 0 spiro atoms. The van der Waals surface area contributed by atoms with Crippen molar-refractivity contribution in [2.75, 3.05) is 6.61 Å². The molecule has 0 radical (unpaired) electrons. The highest BCUT2D eigenvalue weighted by molar-refractivity contribution is 5.89. The van der Waals surface area contributed by atoms with E-state index in [9.17, 15) is 14.4 Å². The van der Waals surface area contributed by atoms with Gasteiger partial charge in [0, 0.05) is 0 Å². The molecule has 0 aromatic carbocycles. The lowest BCUT2D eigenvalue weighted by Crippen LogP contribution is -2.28. The molecule has 7 nitrogen and oxygen atoms in total. The van der Waals surface area contributed by atoms with Crippen molar-refractivity contribution < 1.29 is 34.1 Å². The van der Waals surface area contributed by atoms with Crippen LogP contribution < -0.4 is 0 Å². The van der Waals surface area contributed by atoms with E-state index in [0.29, 0.717) is 0 Å². The molecule has 0 heterocycles. The first-order chi connectivity index (χ1) is 6.84. The zero-order chi connectivity index (χ0) is 12.0. The van der Waals surface area contributed by atoms with Crippen molar-refractivity contribution in [1.82, 2.24) is 0 Å². The lowest BCUT2D eigenvalue weighted by atomic mass is 10.4. The molecule has 0 fully saturated rings. The van der Waals surface area contributed by atoms with Gasteiger partial charge >= 0.3 is 17.9 Å². The van der Waals surface area contributed by atoms with Gasteiger partial charge in [-0.3, -0.25) is 0 Å². The summed E-state index contributed by atoms with van der Waals surface area (Å²) >= 11 is 0. The van der Waals surface area contributed by atoms with Crippen LogP contribution in [0.25, 0.3) is 0 Å². The molecule has 86 valence electrons. The molecule has 2 unspecified atom stereocenters. The van der Waals surface area contributed by atoms with Gasteiger partial charge in [0.15, 0.2) is 6.61 Å². The van der Waals surface area contributed by atoms with Crippen LogP contribution >= 0.6 is 0 Å². The minimum Gasteiger partial charge on any atom is -0.452 e. The number of aliphatic hydroxyl groups is 2. The van der Waals surface area contributed by atoms with Gasteiger partial charge in [0.05, 0.1) is 0 Å². The Morgan fingerprint density at radius 2 is 1.53 bits per heavy atom. The van der Waals surface area contributed by atoms with Gasteiger partial charge in [-0.1, -0.05) is 0 Å². The lowest BCUT2D eigenvalue weighted by molar-refractivity contribution is -0.172. The third-order valence-electron chi connectivity index (χ3n) is 1.23. The molecule has 0 amide bonds. The summed E-state index contributed by atoms with van der Waals surface area (Å²) in [5, 5.41) is 17.3. The Morgan fingerprint density at radius 3 is 1.93 bits per heavy atom. The van der Waals surface area contributed by atoms with E-state index in [4.69, 9.17) is 10.2 Å². The van der Waals surface area contributed by atoms with Crippen LogP contribution in [-0.2, 0) is 23.9 Å². The number of carbonyl (C=O) groups is 3. The predicted molar refractivity (Wildman–Crippen MR) is 45.4 cm³/mol. The van der Waals surface area contributed by atoms with Gasteiger partial charge in [0.2, 0.25) is 0 Å². The normalized spacial score (nSPS) is 13.9. The predicted octanol–water partition coefficient (Wildman–Crippen LogP) is -1.64. The zero-order valence-corrected chi connectivity index (χ0v) is 8.30. The van der Waals surface area contributed by atoms with Gasteiger partial charge in [-0.25, -0.2) is 14.4 Å². The summed E-state index contributed by atoms with van der Waals surface area (Å²) in [5.41, 5.74) is 0. The molecule has 0 aromatic heterocycles. The largest absolute Gasteiger partial charge is 0.452 e. The first-order valence-electron chi connectivity index (χ1n) is 4.12. The van der Waals surface area contributed by atoms with E-state index in [2.05, 4.69) is 9.47 Å². The fraction of sp³-hybridized carbons (Fsp3) is 0.625. The van der Waals surface area contributed by atoms with Crippen LogP contribution in [0, 0.1) is 0 Å². The lowest BCUT2D eigenvalue weighted by Gasteiger charge is -2.06. The van der Waals surface area contributed by atoms with Crippen molar-refractivity contribution in [3.8, 4) is 0 Å². The fourth-order valence-electron chi connectivity index (χ4n) is 0.478. The molecular formula is C8H12O7. The maximum absolute atomic E-state index is 10.8. The minimum absolute atomic E-state index is 0.789. The van der Waals surface area contributed by atoms with E-state index in [1.54, 1.807) is 0 Å². The number of rotatable bonds is 4. The van der Waals surface area contributed by atoms with Crippen molar-refractivity contribution >= 4 is 17.9 Å². The number of carbonyl (C=O) groups excluding carboxylic acids is 3. The quantitative estimate of drug-likeness (QED) is 0.432. The van der Waals surface area contributed by atoms with Crippen LogP contribution in [0.4, 0.5) is 0 Å². The summed E-state index contributed by atoms with van der Waals surface area (Å²) in [4.78, 5) is 32.1. The highest BCUT2D eigenvalue weighted by atomic mass is 16.6. The minimum atomic E-state index is -1.43. The van der Waals surface area contributed by atoms with E-state index in [-0.39, 0.29) is 0 Å². The number of esters is 3. The Labute approximate surface area is 85.6 Å². The molecule has 2 N–H and O–H groups in total. The van der Waals surface area contributed by atoms with Gasteiger partial charge in [-0.15, -0.1) is 0 Å². The first kappa shape index (κ1) is 13.5. The van der Waals surface area contributed by atoms with Crippen molar-refractivity contribution in [3.63, 3.8) is 0 Å². The Morgan fingerprint density at radius 1 is 1.07 bits per heavy atom. The van der Waals surface area contributed by atoms with E-state index in [1.807, 2.05) is 0 Å². The average Bonchev–Trinajstić information content (AvgIpc) is 2.13. The number of hydrogen-bond donors (Lipinski definition) is 2. The number of hydrogen-bond acceptors (Lipinski definition) is 7.